The molecular weight excluding hydrogens is 460 g/mol. The van der Waals surface area contributed by atoms with Crippen LogP contribution in [0.4, 0.5) is 0 Å². The Kier molecular flexibility index (Phi) is 5.97. The average Bonchev–Trinajstić information content (AvgIpc) is 3.44. The second-order valence-electron chi connectivity index (χ2n) is 10.5. The van der Waals surface area contributed by atoms with Gasteiger partial charge in [-0.3, -0.25) is 24.5 Å². The van der Waals surface area contributed by atoms with Crippen molar-refractivity contribution in [3.8, 4) is 5.69 Å². The van der Waals surface area contributed by atoms with Gasteiger partial charge in [0.25, 0.3) is 11.8 Å². The van der Waals surface area contributed by atoms with Crippen molar-refractivity contribution < 1.29 is 19.2 Å². The summed E-state index contributed by atoms with van der Waals surface area (Å²) in [6.45, 7) is 7.34. The van der Waals surface area contributed by atoms with E-state index in [4.69, 9.17) is 0 Å². The molecule has 1 aromatic carbocycles. The highest BCUT2D eigenvalue weighted by molar-refractivity contribution is 6.05. The summed E-state index contributed by atoms with van der Waals surface area (Å²) in [5.74, 6) is -1.33. The molecule has 1 saturated heterocycles. The van der Waals surface area contributed by atoms with Crippen LogP contribution in [0.5, 0.6) is 0 Å². The van der Waals surface area contributed by atoms with Gasteiger partial charge in [-0.2, -0.15) is 0 Å². The van der Waals surface area contributed by atoms with Crippen LogP contribution in [0.15, 0.2) is 35.5 Å². The first kappa shape index (κ1) is 23.9. The van der Waals surface area contributed by atoms with E-state index in [1.165, 1.54) is 27.1 Å². The number of imide groups is 1. The van der Waals surface area contributed by atoms with E-state index in [1.807, 2.05) is 6.07 Å². The zero-order valence-corrected chi connectivity index (χ0v) is 20.8. The molecule has 0 bridgehead atoms. The molecule has 5 rings (SSSR count). The van der Waals surface area contributed by atoms with Crippen molar-refractivity contribution in [2.24, 2.45) is 5.41 Å². The van der Waals surface area contributed by atoms with E-state index in [0.29, 0.717) is 30.8 Å². The normalized spacial score (nSPS) is 21.5. The zero-order valence-electron chi connectivity index (χ0n) is 20.8. The predicted molar refractivity (Wildman–Crippen MR) is 130 cm³/mol. The Balaban J connectivity index is 1.29. The molecule has 2 aromatic rings. The molecule has 188 valence electrons. The van der Waals surface area contributed by atoms with Crippen LogP contribution in [0.2, 0.25) is 0 Å². The SMILES string of the molecule is CC1=C(CNC(=O)c2cn(-c3ccc4c(c3)C(=O)N(C3CCC(=O)NC3=O)C4)nn2)C(C)(C)CCC1. The number of nitrogens with zero attached hydrogens (tertiary/aromatic N) is 4. The number of piperidine rings is 1. The maximum Gasteiger partial charge on any atom is 0.273 e. The molecule has 1 unspecified atom stereocenters. The highest BCUT2D eigenvalue weighted by Gasteiger charge is 2.39. The molecule has 10 nitrogen and oxygen atoms in total. The predicted octanol–water partition coefficient (Wildman–Crippen LogP) is 2.28. The maximum absolute atomic E-state index is 13.1. The van der Waals surface area contributed by atoms with Gasteiger partial charge in [0.15, 0.2) is 5.69 Å². The molecule has 2 aliphatic heterocycles. The lowest BCUT2D eigenvalue weighted by atomic mass is 9.73. The number of hydrogen-bond acceptors (Lipinski definition) is 6. The monoisotopic (exact) mass is 490 g/mol. The fraction of sp³-hybridized carbons (Fsp3) is 0.462. The molecule has 1 aliphatic carbocycles. The fourth-order valence-electron chi connectivity index (χ4n) is 5.50. The van der Waals surface area contributed by atoms with E-state index in [9.17, 15) is 19.2 Å². The molecule has 0 radical (unpaired) electrons. The summed E-state index contributed by atoms with van der Waals surface area (Å²) >= 11 is 0. The molecule has 1 atom stereocenters. The molecule has 0 spiro atoms. The summed E-state index contributed by atoms with van der Waals surface area (Å²) in [7, 11) is 0. The largest absolute Gasteiger partial charge is 0.347 e. The van der Waals surface area contributed by atoms with Gasteiger partial charge in [0.2, 0.25) is 11.8 Å². The molecular formula is C26H30N6O4. The Morgan fingerprint density at radius 1 is 1.22 bits per heavy atom. The fourth-order valence-corrected chi connectivity index (χ4v) is 5.50. The third-order valence-electron chi connectivity index (χ3n) is 7.61. The summed E-state index contributed by atoms with van der Waals surface area (Å²) in [5, 5.41) is 13.4. The summed E-state index contributed by atoms with van der Waals surface area (Å²) < 4.78 is 1.46. The first-order valence-corrected chi connectivity index (χ1v) is 12.3. The first-order valence-electron chi connectivity index (χ1n) is 12.3. The van der Waals surface area contributed by atoms with E-state index in [-0.39, 0.29) is 35.3 Å². The molecule has 1 fully saturated rings. The van der Waals surface area contributed by atoms with Crippen LogP contribution in [0, 0.1) is 5.41 Å². The van der Waals surface area contributed by atoms with Crippen LogP contribution in [-0.2, 0) is 16.1 Å². The van der Waals surface area contributed by atoms with E-state index < -0.39 is 11.9 Å². The lowest BCUT2D eigenvalue weighted by Crippen LogP contribution is -2.52. The Morgan fingerprint density at radius 3 is 2.78 bits per heavy atom. The summed E-state index contributed by atoms with van der Waals surface area (Å²) in [6.07, 6.45) is 5.39. The number of hydrogen-bond donors (Lipinski definition) is 2. The number of amides is 4. The highest BCUT2D eigenvalue weighted by Crippen LogP contribution is 2.39. The van der Waals surface area contributed by atoms with Gasteiger partial charge in [0.05, 0.1) is 11.9 Å². The summed E-state index contributed by atoms with van der Waals surface area (Å²) in [4.78, 5) is 51.1. The number of carbonyl (C=O) groups excluding carboxylic acids is 4. The summed E-state index contributed by atoms with van der Waals surface area (Å²) in [6, 6.07) is 4.64. The molecule has 4 amide bonds. The van der Waals surface area contributed by atoms with E-state index >= 15 is 0 Å². The molecule has 3 aliphatic rings. The molecule has 36 heavy (non-hydrogen) atoms. The number of benzene rings is 1. The third kappa shape index (κ3) is 4.31. The number of rotatable bonds is 5. The summed E-state index contributed by atoms with van der Waals surface area (Å²) in [5.41, 5.74) is 4.72. The molecule has 10 heteroatoms. The van der Waals surface area contributed by atoms with Crippen LogP contribution in [-0.4, -0.2) is 56.1 Å². The minimum absolute atomic E-state index is 0.0614. The molecule has 2 N–H and O–H groups in total. The second kappa shape index (κ2) is 9.00. The Bertz CT molecular complexity index is 1310. The van der Waals surface area contributed by atoms with E-state index in [1.54, 1.807) is 18.3 Å². The number of fused-ring (bicyclic) bond motifs is 1. The van der Waals surface area contributed by atoms with Gasteiger partial charge in [0, 0.05) is 25.1 Å². The van der Waals surface area contributed by atoms with Crippen molar-refractivity contribution in [1.82, 2.24) is 30.5 Å². The van der Waals surface area contributed by atoms with Crippen molar-refractivity contribution in [2.45, 2.75) is 65.5 Å². The third-order valence-corrected chi connectivity index (χ3v) is 7.61. The van der Waals surface area contributed by atoms with Gasteiger partial charge in [-0.05, 0) is 61.3 Å². The minimum atomic E-state index is -0.666. The van der Waals surface area contributed by atoms with Gasteiger partial charge in [0.1, 0.15) is 6.04 Å². The van der Waals surface area contributed by atoms with Crippen molar-refractivity contribution in [3.63, 3.8) is 0 Å². The smallest absolute Gasteiger partial charge is 0.273 e. The minimum Gasteiger partial charge on any atom is -0.347 e. The van der Waals surface area contributed by atoms with E-state index in [2.05, 4.69) is 41.7 Å². The second-order valence-corrected chi connectivity index (χ2v) is 10.5. The lowest BCUT2D eigenvalue weighted by Gasteiger charge is -2.34. The van der Waals surface area contributed by atoms with Crippen LogP contribution >= 0.6 is 0 Å². The van der Waals surface area contributed by atoms with E-state index in [0.717, 1.165) is 18.4 Å². The standard InChI is InChI=1S/C26H30N6O4/c1-15-5-4-10-26(2,3)19(15)12-27-23(34)20-14-32(30-29-20)17-7-6-16-13-31(25(36)18(16)11-17)21-8-9-22(33)28-24(21)35/h6-7,11,14,21H,4-5,8-10,12-13H2,1-3H3,(H,27,34)(H,28,33,35). The van der Waals surface area contributed by atoms with Crippen molar-refractivity contribution in [1.29, 1.82) is 0 Å². The van der Waals surface area contributed by atoms with Gasteiger partial charge >= 0.3 is 0 Å². The van der Waals surface area contributed by atoms with Crippen molar-refractivity contribution in [2.75, 3.05) is 6.54 Å². The van der Waals surface area contributed by atoms with Crippen LogP contribution in [0.25, 0.3) is 5.69 Å². The number of nitrogens with one attached hydrogen (secondary N) is 2. The van der Waals surface area contributed by atoms with Gasteiger partial charge in [-0.15, -0.1) is 5.10 Å². The Hall–Kier alpha value is -3.82. The highest BCUT2D eigenvalue weighted by atomic mass is 16.2. The first-order chi connectivity index (χ1) is 17.1. The van der Waals surface area contributed by atoms with Crippen LogP contribution < -0.4 is 10.6 Å². The van der Waals surface area contributed by atoms with Crippen molar-refractivity contribution >= 4 is 23.6 Å². The number of allylic oxidation sites excluding steroid dienone is 1. The van der Waals surface area contributed by atoms with Crippen molar-refractivity contribution in [3.05, 3.63) is 52.4 Å². The number of carbonyl (C=O) groups is 4. The van der Waals surface area contributed by atoms with Crippen LogP contribution in [0.1, 0.15) is 79.3 Å². The van der Waals surface area contributed by atoms with Crippen LogP contribution in [0.3, 0.4) is 0 Å². The van der Waals surface area contributed by atoms with Gasteiger partial charge in [-0.25, -0.2) is 4.68 Å². The maximum atomic E-state index is 13.1. The number of aromatic nitrogens is 3. The Labute approximate surface area is 209 Å². The molecule has 1 aromatic heterocycles. The lowest BCUT2D eigenvalue weighted by molar-refractivity contribution is -0.136. The topological polar surface area (TPSA) is 126 Å². The zero-order chi connectivity index (χ0) is 25.6. The molecule has 0 saturated carbocycles. The average molecular weight is 491 g/mol. The van der Waals surface area contributed by atoms with Gasteiger partial charge < -0.3 is 10.2 Å². The molecule has 3 heterocycles. The quantitative estimate of drug-likeness (QED) is 0.489. The van der Waals surface area contributed by atoms with Gasteiger partial charge in [-0.1, -0.05) is 30.7 Å². The Morgan fingerprint density at radius 2 is 2.03 bits per heavy atom.